The van der Waals surface area contributed by atoms with E-state index in [0.29, 0.717) is 17.1 Å². The molecule has 0 aliphatic carbocycles. The highest BCUT2D eigenvalue weighted by Crippen LogP contribution is 2.35. The van der Waals surface area contributed by atoms with Gasteiger partial charge in [-0.3, -0.25) is 13.9 Å². The molecule has 0 fully saturated rings. The number of ether oxygens (including phenoxy) is 2. The monoisotopic (exact) mass is 497 g/mol. The molecule has 0 saturated heterocycles. The molecule has 2 amide bonds. The molecule has 10 heteroatoms. The first-order chi connectivity index (χ1) is 16.6. The van der Waals surface area contributed by atoms with Crippen LogP contribution in [-0.2, 0) is 19.6 Å². The van der Waals surface area contributed by atoms with Crippen LogP contribution in [0.15, 0.2) is 71.6 Å². The molecule has 9 nitrogen and oxygen atoms in total. The molecule has 0 aromatic heterocycles. The number of hydrogen-bond acceptors (Lipinski definition) is 6. The quantitative estimate of drug-likeness (QED) is 0.465. The molecule has 35 heavy (non-hydrogen) atoms. The zero-order valence-electron chi connectivity index (χ0n) is 19.9. The number of rotatable bonds is 9. The lowest BCUT2D eigenvalue weighted by Gasteiger charge is -2.26. The predicted molar refractivity (Wildman–Crippen MR) is 135 cm³/mol. The highest BCUT2D eigenvalue weighted by Gasteiger charge is 2.29. The second-order valence-electron chi connectivity index (χ2n) is 7.67. The lowest BCUT2D eigenvalue weighted by atomic mass is 10.2. The Bertz CT molecular complexity index is 1320. The van der Waals surface area contributed by atoms with Crippen molar-refractivity contribution in [1.29, 1.82) is 0 Å². The molecule has 0 aliphatic heterocycles. The number of sulfonamides is 1. The molecule has 0 heterocycles. The van der Waals surface area contributed by atoms with Crippen LogP contribution in [0.2, 0.25) is 0 Å². The SMILES string of the molecule is COc1ccc(N(CC(=O)Nc2cccc(NC(C)=O)c2)S(=O)(=O)c2ccc(C)cc2)c(OC)c1. The maximum absolute atomic E-state index is 13.6. The van der Waals surface area contributed by atoms with Gasteiger partial charge in [-0.05, 0) is 49.4 Å². The molecule has 0 saturated carbocycles. The number of anilines is 3. The molecular weight excluding hydrogens is 470 g/mol. The van der Waals surface area contributed by atoms with Crippen molar-refractivity contribution < 1.29 is 27.5 Å². The molecule has 3 aromatic carbocycles. The van der Waals surface area contributed by atoms with Crippen molar-refractivity contribution in [3.05, 3.63) is 72.3 Å². The van der Waals surface area contributed by atoms with Crippen LogP contribution in [0, 0.1) is 6.92 Å². The summed E-state index contributed by atoms with van der Waals surface area (Å²) in [6, 6.07) is 17.5. The zero-order valence-corrected chi connectivity index (χ0v) is 20.7. The molecular formula is C25H27N3O6S. The summed E-state index contributed by atoms with van der Waals surface area (Å²) < 4.78 is 38.9. The summed E-state index contributed by atoms with van der Waals surface area (Å²) in [6.07, 6.45) is 0. The normalized spacial score (nSPS) is 10.9. The third-order valence-electron chi connectivity index (χ3n) is 5.02. The van der Waals surface area contributed by atoms with Gasteiger partial charge < -0.3 is 20.1 Å². The van der Waals surface area contributed by atoms with Crippen molar-refractivity contribution >= 4 is 38.9 Å². The van der Waals surface area contributed by atoms with Gasteiger partial charge in [0.05, 0.1) is 24.8 Å². The van der Waals surface area contributed by atoms with Crippen molar-refractivity contribution in [1.82, 2.24) is 0 Å². The molecule has 3 aromatic rings. The summed E-state index contributed by atoms with van der Waals surface area (Å²) in [4.78, 5) is 24.4. The molecule has 0 unspecified atom stereocenters. The van der Waals surface area contributed by atoms with Crippen LogP contribution < -0.4 is 24.4 Å². The minimum atomic E-state index is -4.14. The second kappa shape index (κ2) is 10.9. The van der Waals surface area contributed by atoms with Gasteiger partial charge in [-0.25, -0.2) is 8.42 Å². The zero-order chi connectivity index (χ0) is 25.6. The number of nitrogens with one attached hydrogen (secondary N) is 2. The Kier molecular flexibility index (Phi) is 7.98. The van der Waals surface area contributed by atoms with Crippen LogP contribution in [0.1, 0.15) is 12.5 Å². The number of hydrogen-bond donors (Lipinski definition) is 2. The molecule has 0 bridgehead atoms. The van der Waals surface area contributed by atoms with Gasteiger partial charge in [-0.1, -0.05) is 23.8 Å². The highest BCUT2D eigenvalue weighted by molar-refractivity contribution is 7.92. The maximum atomic E-state index is 13.6. The van der Waals surface area contributed by atoms with Crippen LogP contribution >= 0.6 is 0 Å². The van der Waals surface area contributed by atoms with Crippen molar-refractivity contribution in [3.63, 3.8) is 0 Å². The van der Waals surface area contributed by atoms with E-state index >= 15 is 0 Å². The van der Waals surface area contributed by atoms with E-state index in [9.17, 15) is 18.0 Å². The Hall–Kier alpha value is -4.05. The van der Waals surface area contributed by atoms with Crippen LogP contribution in [0.5, 0.6) is 11.5 Å². The third-order valence-corrected chi connectivity index (χ3v) is 6.79. The van der Waals surface area contributed by atoms with Crippen LogP contribution in [0.4, 0.5) is 17.1 Å². The van der Waals surface area contributed by atoms with E-state index < -0.39 is 22.5 Å². The Balaban J connectivity index is 1.98. The average molecular weight is 498 g/mol. The largest absolute Gasteiger partial charge is 0.497 e. The van der Waals surface area contributed by atoms with Crippen LogP contribution in [0.25, 0.3) is 0 Å². The summed E-state index contributed by atoms with van der Waals surface area (Å²) in [5, 5.41) is 5.32. The lowest BCUT2D eigenvalue weighted by molar-refractivity contribution is -0.115. The Labute approximate surface area is 204 Å². The van der Waals surface area contributed by atoms with Crippen LogP contribution in [-0.4, -0.2) is 41.0 Å². The van der Waals surface area contributed by atoms with Crippen molar-refractivity contribution in [2.24, 2.45) is 0 Å². The van der Waals surface area contributed by atoms with Gasteiger partial charge in [0.25, 0.3) is 10.0 Å². The van der Waals surface area contributed by atoms with Crippen molar-refractivity contribution in [2.75, 3.05) is 35.7 Å². The van der Waals surface area contributed by atoms with Gasteiger partial charge in [0.15, 0.2) is 0 Å². The molecule has 0 aliphatic rings. The first kappa shape index (κ1) is 25.6. The highest BCUT2D eigenvalue weighted by atomic mass is 32.2. The molecule has 0 spiro atoms. The number of benzene rings is 3. The number of carbonyl (C=O) groups is 2. The van der Waals surface area contributed by atoms with Gasteiger partial charge in [-0.2, -0.15) is 0 Å². The summed E-state index contributed by atoms with van der Waals surface area (Å²) in [6.45, 7) is 2.70. The number of carbonyl (C=O) groups excluding carboxylic acids is 2. The fraction of sp³-hybridized carbons (Fsp3) is 0.200. The summed E-state index contributed by atoms with van der Waals surface area (Å²) in [5.74, 6) is -0.146. The third kappa shape index (κ3) is 6.30. The molecule has 0 radical (unpaired) electrons. The number of amides is 2. The maximum Gasteiger partial charge on any atom is 0.264 e. The first-order valence-corrected chi connectivity index (χ1v) is 12.1. The van der Waals surface area contributed by atoms with Gasteiger partial charge in [-0.15, -0.1) is 0 Å². The summed E-state index contributed by atoms with van der Waals surface area (Å²) in [5.41, 5.74) is 1.97. The summed E-state index contributed by atoms with van der Waals surface area (Å²) in [7, 11) is -1.25. The fourth-order valence-corrected chi connectivity index (χ4v) is 4.77. The Morgan fingerprint density at radius 3 is 2.14 bits per heavy atom. The van der Waals surface area contributed by atoms with E-state index in [2.05, 4.69) is 10.6 Å². The van der Waals surface area contributed by atoms with E-state index in [0.717, 1.165) is 9.87 Å². The van der Waals surface area contributed by atoms with Crippen molar-refractivity contribution in [2.45, 2.75) is 18.7 Å². The standard InChI is InChI=1S/C25H27N3O6S/c1-17-8-11-22(12-9-17)35(31,32)28(23-13-10-21(33-3)15-24(23)34-4)16-25(30)27-20-7-5-6-19(14-20)26-18(2)29/h5-15H,16H2,1-4H3,(H,26,29)(H,27,30). The molecule has 0 atom stereocenters. The molecule has 184 valence electrons. The topological polar surface area (TPSA) is 114 Å². The predicted octanol–water partition coefficient (Wildman–Crippen LogP) is 3.80. The Morgan fingerprint density at radius 1 is 0.886 bits per heavy atom. The number of methoxy groups -OCH3 is 2. The van der Waals surface area contributed by atoms with E-state index in [1.54, 1.807) is 48.5 Å². The van der Waals surface area contributed by atoms with Gasteiger partial charge >= 0.3 is 0 Å². The smallest absolute Gasteiger partial charge is 0.264 e. The van der Waals surface area contributed by atoms with Crippen molar-refractivity contribution in [3.8, 4) is 11.5 Å². The average Bonchev–Trinajstić information content (AvgIpc) is 2.82. The number of nitrogens with zero attached hydrogens (tertiary/aromatic N) is 1. The minimum absolute atomic E-state index is 0.0291. The van der Waals surface area contributed by atoms with Gasteiger partial charge in [0.1, 0.15) is 18.0 Å². The van der Waals surface area contributed by atoms with Crippen LogP contribution in [0.3, 0.4) is 0 Å². The number of aryl methyl sites for hydroxylation is 1. The summed E-state index contributed by atoms with van der Waals surface area (Å²) >= 11 is 0. The first-order valence-electron chi connectivity index (χ1n) is 10.6. The Morgan fingerprint density at radius 2 is 1.54 bits per heavy atom. The fourth-order valence-electron chi connectivity index (χ4n) is 3.34. The van der Waals surface area contributed by atoms with Gasteiger partial charge in [0, 0.05) is 24.4 Å². The van der Waals surface area contributed by atoms with E-state index in [-0.39, 0.29) is 22.2 Å². The van der Waals surface area contributed by atoms with E-state index in [1.807, 2.05) is 6.92 Å². The lowest BCUT2D eigenvalue weighted by Crippen LogP contribution is -2.38. The molecule has 3 rings (SSSR count). The van der Waals surface area contributed by atoms with Gasteiger partial charge in [0.2, 0.25) is 11.8 Å². The minimum Gasteiger partial charge on any atom is -0.497 e. The second-order valence-corrected chi connectivity index (χ2v) is 9.53. The van der Waals surface area contributed by atoms with E-state index in [1.165, 1.54) is 39.3 Å². The molecule has 2 N–H and O–H groups in total. The van der Waals surface area contributed by atoms with E-state index in [4.69, 9.17) is 9.47 Å².